The highest BCUT2D eigenvalue weighted by Crippen LogP contribution is 2.37. The van der Waals surface area contributed by atoms with Crippen molar-refractivity contribution in [3.05, 3.63) is 153 Å². The normalized spacial score (nSPS) is 11.8. The van der Waals surface area contributed by atoms with Gasteiger partial charge in [-0.1, -0.05) is 66.2 Å². The Balaban J connectivity index is 1.31. The van der Waals surface area contributed by atoms with Crippen LogP contribution in [0.15, 0.2) is 131 Å². The highest BCUT2D eigenvalue weighted by molar-refractivity contribution is 8.00. The summed E-state index contributed by atoms with van der Waals surface area (Å²) in [7, 11) is 0. The van der Waals surface area contributed by atoms with Crippen LogP contribution < -0.4 is 16.0 Å². The second kappa shape index (κ2) is 14.7. The Kier molecular flexibility index (Phi) is 10.3. The molecule has 9 heteroatoms. The topological polar surface area (TPSA) is 87.3 Å². The van der Waals surface area contributed by atoms with Crippen molar-refractivity contribution >= 4 is 69.9 Å². The summed E-state index contributed by atoms with van der Waals surface area (Å²) in [6.45, 7) is 1.86. The van der Waals surface area contributed by atoms with Crippen molar-refractivity contribution < 1.29 is 14.4 Å². The fourth-order valence-electron chi connectivity index (χ4n) is 4.26. The Bertz CT molecular complexity index is 1780. The average molecular weight is 638 g/mol. The van der Waals surface area contributed by atoms with Crippen molar-refractivity contribution in [3.8, 4) is 0 Å². The summed E-state index contributed by atoms with van der Waals surface area (Å²) in [6, 6.07) is 32.8. The van der Waals surface area contributed by atoms with Crippen molar-refractivity contribution in [1.29, 1.82) is 0 Å². The SMILES string of the molecule is Cc1c(Cl)cccc1NC(=O)C(Sc1ccc(NC(=O)/C(=C/c2ccsc2)NC(=O)c2ccccc2)cc1)c1ccccc1. The van der Waals surface area contributed by atoms with Crippen molar-refractivity contribution in [2.45, 2.75) is 17.1 Å². The van der Waals surface area contributed by atoms with Gasteiger partial charge in [-0.3, -0.25) is 14.4 Å². The smallest absolute Gasteiger partial charge is 0.272 e. The molecule has 0 saturated carbocycles. The van der Waals surface area contributed by atoms with Gasteiger partial charge in [0.15, 0.2) is 0 Å². The van der Waals surface area contributed by atoms with Gasteiger partial charge in [0, 0.05) is 26.9 Å². The molecule has 220 valence electrons. The van der Waals surface area contributed by atoms with Crippen LogP contribution in [0.4, 0.5) is 11.4 Å². The van der Waals surface area contributed by atoms with Crippen LogP contribution in [0, 0.1) is 6.92 Å². The van der Waals surface area contributed by atoms with Gasteiger partial charge in [-0.2, -0.15) is 11.3 Å². The third kappa shape index (κ3) is 8.05. The molecule has 3 N–H and O–H groups in total. The standard InChI is InChI=1S/C35H28ClN3O3S2/c1-23-29(36)13-8-14-30(23)38-35(42)32(25-9-4-2-5-10-25)44-28-17-15-27(16-18-28)37-34(41)31(21-24-19-20-43-22-24)39-33(40)26-11-6-3-7-12-26/h2-22,32H,1H3,(H,37,41)(H,38,42)(H,39,40)/b31-21-. The molecule has 1 unspecified atom stereocenters. The molecule has 0 radical (unpaired) electrons. The lowest BCUT2D eigenvalue weighted by Crippen LogP contribution is -2.30. The minimum Gasteiger partial charge on any atom is -0.325 e. The second-order valence-electron chi connectivity index (χ2n) is 9.72. The first-order valence-electron chi connectivity index (χ1n) is 13.7. The molecule has 0 aliphatic rings. The van der Waals surface area contributed by atoms with Crippen LogP contribution in [0.2, 0.25) is 5.02 Å². The molecule has 1 heterocycles. The van der Waals surface area contributed by atoms with Gasteiger partial charge in [0.05, 0.1) is 0 Å². The fourth-order valence-corrected chi connectivity index (χ4v) is 6.08. The Morgan fingerprint density at radius 3 is 2.20 bits per heavy atom. The summed E-state index contributed by atoms with van der Waals surface area (Å²) >= 11 is 9.16. The number of carbonyl (C=O) groups excluding carboxylic acids is 3. The lowest BCUT2D eigenvalue weighted by Gasteiger charge is -2.18. The summed E-state index contributed by atoms with van der Waals surface area (Å²) in [5, 5.41) is 12.5. The van der Waals surface area contributed by atoms with Crippen LogP contribution >= 0.6 is 34.7 Å². The molecule has 0 fully saturated rings. The number of hydrogen-bond donors (Lipinski definition) is 3. The lowest BCUT2D eigenvalue weighted by atomic mass is 10.1. The van der Waals surface area contributed by atoms with Crippen LogP contribution in [0.3, 0.4) is 0 Å². The molecule has 6 nitrogen and oxygen atoms in total. The highest BCUT2D eigenvalue weighted by atomic mass is 35.5. The number of anilines is 2. The summed E-state index contributed by atoms with van der Waals surface area (Å²) < 4.78 is 0. The van der Waals surface area contributed by atoms with Gasteiger partial charge < -0.3 is 16.0 Å². The Morgan fingerprint density at radius 2 is 1.52 bits per heavy atom. The van der Waals surface area contributed by atoms with Gasteiger partial charge in [0.25, 0.3) is 11.8 Å². The number of amides is 3. The Hall–Kier alpha value is -4.63. The largest absolute Gasteiger partial charge is 0.325 e. The highest BCUT2D eigenvalue weighted by Gasteiger charge is 2.23. The van der Waals surface area contributed by atoms with Crippen LogP contribution in [0.5, 0.6) is 0 Å². The second-order valence-corrected chi connectivity index (χ2v) is 12.1. The third-order valence-electron chi connectivity index (χ3n) is 6.62. The predicted molar refractivity (Wildman–Crippen MR) is 181 cm³/mol. The van der Waals surface area contributed by atoms with Crippen molar-refractivity contribution in [3.63, 3.8) is 0 Å². The monoisotopic (exact) mass is 637 g/mol. The quantitative estimate of drug-likeness (QED) is 0.106. The number of rotatable bonds is 10. The van der Waals surface area contributed by atoms with Gasteiger partial charge in [0.2, 0.25) is 5.91 Å². The summed E-state index contributed by atoms with van der Waals surface area (Å²) in [5.41, 5.74) is 4.22. The number of thioether (sulfide) groups is 1. The number of benzene rings is 4. The van der Waals surface area contributed by atoms with E-state index in [1.165, 1.54) is 23.1 Å². The van der Waals surface area contributed by atoms with E-state index in [0.29, 0.717) is 22.0 Å². The number of nitrogens with one attached hydrogen (secondary N) is 3. The van der Waals surface area contributed by atoms with E-state index in [1.807, 2.05) is 78.3 Å². The molecule has 5 aromatic rings. The zero-order valence-corrected chi connectivity index (χ0v) is 26.0. The first kappa shape index (κ1) is 30.8. The summed E-state index contributed by atoms with van der Waals surface area (Å²) in [5.74, 6) is -1.02. The third-order valence-corrected chi connectivity index (χ3v) is 8.99. The molecule has 1 atom stereocenters. The molecule has 0 aliphatic carbocycles. The van der Waals surface area contributed by atoms with Crippen molar-refractivity contribution in [2.24, 2.45) is 0 Å². The summed E-state index contributed by atoms with van der Waals surface area (Å²) in [6.07, 6.45) is 1.64. The molecular weight excluding hydrogens is 610 g/mol. The lowest BCUT2D eigenvalue weighted by molar-refractivity contribution is -0.116. The molecule has 3 amide bonds. The number of thiophene rings is 1. The number of hydrogen-bond acceptors (Lipinski definition) is 5. The van der Waals surface area contributed by atoms with E-state index in [-0.39, 0.29) is 17.5 Å². The Labute approximate surface area is 269 Å². The number of halogens is 1. The average Bonchev–Trinajstić information content (AvgIpc) is 3.56. The van der Waals surface area contributed by atoms with E-state index in [0.717, 1.165) is 21.6 Å². The van der Waals surface area contributed by atoms with Crippen LogP contribution in [-0.4, -0.2) is 17.7 Å². The maximum Gasteiger partial charge on any atom is 0.272 e. The molecule has 0 spiro atoms. The summed E-state index contributed by atoms with van der Waals surface area (Å²) in [4.78, 5) is 40.5. The molecule has 44 heavy (non-hydrogen) atoms. The van der Waals surface area contributed by atoms with Crippen LogP contribution in [0.25, 0.3) is 6.08 Å². The molecule has 5 rings (SSSR count). The van der Waals surface area contributed by atoms with E-state index >= 15 is 0 Å². The van der Waals surface area contributed by atoms with Crippen molar-refractivity contribution in [2.75, 3.05) is 10.6 Å². The van der Waals surface area contributed by atoms with Gasteiger partial charge in [-0.05, 0) is 95.0 Å². The van der Waals surface area contributed by atoms with E-state index < -0.39 is 11.2 Å². The fraction of sp³-hybridized carbons (Fsp3) is 0.0571. The molecule has 0 saturated heterocycles. The first-order valence-corrected chi connectivity index (χ1v) is 15.9. The maximum absolute atomic E-state index is 13.5. The first-order chi connectivity index (χ1) is 21.4. The van der Waals surface area contributed by atoms with Gasteiger partial charge in [0.1, 0.15) is 10.9 Å². The molecule has 0 bridgehead atoms. The zero-order valence-electron chi connectivity index (χ0n) is 23.6. The molecule has 0 aliphatic heterocycles. The maximum atomic E-state index is 13.5. The minimum atomic E-state index is -0.539. The minimum absolute atomic E-state index is 0.118. The zero-order chi connectivity index (χ0) is 30.9. The van der Waals surface area contributed by atoms with Crippen LogP contribution in [-0.2, 0) is 9.59 Å². The van der Waals surface area contributed by atoms with Gasteiger partial charge in [-0.15, -0.1) is 11.8 Å². The van der Waals surface area contributed by atoms with E-state index in [1.54, 1.807) is 54.6 Å². The van der Waals surface area contributed by atoms with Gasteiger partial charge >= 0.3 is 0 Å². The van der Waals surface area contributed by atoms with E-state index in [9.17, 15) is 14.4 Å². The van der Waals surface area contributed by atoms with E-state index in [4.69, 9.17) is 11.6 Å². The van der Waals surface area contributed by atoms with Crippen LogP contribution in [0.1, 0.15) is 32.3 Å². The predicted octanol–water partition coefficient (Wildman–Crippen LogP) is 8.59. The van der Waals surface area contributed by atoms with Gasteiger partial charge in [-0.25, -0.2) is 0 Å². The van der Waals surface area contributed by atoms with Crippen molar-refractivity contribution in [1.82, 2.24) is 5.32 Å². The molecular formula is C35H28ClN3O3S2. The molecule has 1 aromatic heterocycles. The van der Waals surface area contributed by atoms with E-state index in [2.05, 4.69) is 16.0 Å². The molecule has 4 aromatic carbocycles. The Morgan fingerprint density at radius 1 is 0.818 bits per heavy atom. The number of carbonyl (C=O) groups is 3.